The first-order valence-corrected chi connectivity index (χ1v) is 7.62. The lowest BCUT2D eigenvalue weighted by Gasteiger charge is -2.43. The van der Waals surface area contributed by atoms with Crippen LogP contribution in [0.15, 0.2) is 22.8 Å². The molecular weight excluding hydrogens is 236 g/mol. The predicted molar refractivity (Wildman–Crippen MR) is 79.4 cm³/mol. The summed E-state index contributed by atoms with van der Waals surface area (Å²) >= 11 is 0. The Balaban J connectivity index is 2.14. The second-order valence-corrected chi connectivity index (χ2v) is 6.00. The molecule has 0 radical (unpaired) electrons. The van der Waals surface area contributed by atoms with Gasteiger partial charge in [-0.05, 0) is 52.0 Å². The van der Waals surface area contributed by atoms with E-state index in [1.807, 2.05) is 6.07 Å². The summed E-state index contributed by atoms with van der Waals surface area (Å²) in [6.45, 7) is 3.31. The number of furan rings is 1. The van der Waals surface area contributed by atoms with Crippen LogP contribution in [-0.2, 0) is 6.42 Å². The molecule has 1 aliphatic rings. The van der Waals surface area contributed by atoms with Crippen LogP contribution in [0.3, 0.4) is 0 Å². The maximum absolute atomic E-state index is 5.57. The summed E-state index contributed by atoms with van der Waals surface area (Å²) in [6, 6.07) is 4.57. The van der Waals surface area contributed by atoms with Gasteiger partial charge >= 0.3 is 0 Å². The maximum Gasteiger partial charge on any atom is 0.105 e. The van der Waals surface area contributed by atoms with Gasteiger partial charge < -0.3 is 14.6 Å². The Labute approximate surface area is 117 Å². The lowest BCUT2D eigenvalue weighted by atomic mass is 9.84. The van der Waals surface area contributed by atoms with Crippen LogP contribution < -0.4 is 5.32 Å². The van der Waals surface area contributed by atoms with Gasteiger partial charge in [-0.3, -0.25) is 0 Å². The standard InChI is InChI=1S/C16H28N2O/c1-4-11-17-15(13-14-8-7-12-19-14)16(18(2)3)9-5-6-10-16/h7-8,12,15,17H,4-6,9-11,13H2,1-3H3. The lowest BCUT2D eigenvalue weighted by molar-refractivity contribution is 0.101. The molecular formula is C16H28N2O. The highest BCUT2D eigenvalue weighted by molar-refractivity contribution is 5.09. The normalized spacial score (nSPS) is 20.0. The summed E-state index contributed by atoms with van der Waals surface area (Å²) < 4.78 is 5.57. The molecule has 0 spiro atoms. The van der Waals surface area contributed by atoms with Crippen LogP contribution in [0.4, 0.5) is 0 Å². The van der Waals surface area contributed by atoms with E-state index in [0.717, 1.165) is 18.7 Å². The summed E-state index contributed by atoms with van der Waals surface area (Å²) in [5.74, 6) is 1.10. The minimum Gasteiger partial charge on any atom is -0.469 e. The highest BCUT2D eigenvalue weighted by Crippen LogP contribution is 2.37. The van der Waals surface area contributed by atoms with E-state index in [-0.39, 0.29) is 0 Å². The summed E-state index contributed by atoms with van der Waals surface area (Å²) in [5, 5.41) is 3.77. The van der Waals surface area contributed by atoms with Crippen LogP contribution in [0.1, 0.15) is 44.8 Å². The molecule has 1 heterocycles. The van der Waals surface area contributed by atoms with E-state index in [4.69, 9.17) is 4.42 Å². The molecule has 108 valence electrons. The zero-order valence-corrected chi connectivity index (χ0v) is 12.6. The maximum atomic E-state index is 5.57. The molecule has 0 aliphatic heterocycles. The van der Waals surface area contributed by atoms with Gasteiger partial charge in [0.1, 0.15) is 5.76 Å². The van der Waals surface area contributed by atoms with Crippen molar-refractivity contribution in [2.75, 3.05) is 20.6 Å². The molecule has 1 aromatic rings. The van der Waals surface area contributed by atoms with Gasteiger partial charge in [-0.2, -0.15) is 0 Å². The van der Waals surface area contributed by atoms with Crippen LogP contribution in [0.25, 0.3) is 0 Å². The van der Waals surface area contributed by atoms with Crippen molar-refractivity contribution in [2.45, 2.75) is 57.0 Å². The van der Waals surface area contributed by atoms with E-state index in [9.17, 15) is 0 Å². The molecule has 0 saturated heterocycles. The SMILES string of the molecule is CCCNC(Cc1ccco1)C1(N(C)C)CCCC1. The van der Waals surface area contributed by atoms with Gasteiger partial charge in [0, 0.05) is 18.0 Å². The van der Waals surface area contributed by atoms with Gasteiger partial charge in [0.15, 0.2) is 0 Å². The fraction of sp³-hybridized carbons (Fsp3) is 0.750. The summed E-state index contributed by atoms with van der Waals surface area (Å²) in [6.07, 6.45) is 9.23. The quantitative estimate of drug-likeness (QED) is 0.820. The minimum absolute atomic E-state index is 0.294. The van der Waals surface area contributed by atoms with Gasteiger partial charge in [-0.25, -0.2) is 0 Å². The van der Waals surface area contributed by atoms with Crippen LogP contribution in [-0.4, -0.2) is 37.1 Å². The van der Waals surface area contributed by atoms with E-state index >= 15 is 0 Å². The number of hydrogen-bond donors (Lipinski definition) is 1. The molecule has 19 heavy (non-hydrogen) atoms. The third-order valence-corrected chi connectivity index (χ3v) is 4.63. The van der Waals surface area contributed by atoms with E-state index in [2.05, 4.69) is 37.3 Å². The molecule has 1 unspecified atom stereocenters. The van der Waals surface area contributed by atoms with Gasteiger partial charge in [0.2, 0.25) is 0 Å². The Morgan fingerprint density at radius 3 is 2.63 bits per heavy atom. The number of rotatable bonds is 7. The molecule has 1 saturated carbocycles. The Hall–Kier alpha value is -0.800. The molecule has 0 amide bonds. The van der Waals surface area contributed by atoms with Crippen molar-refractivity contribution in [3.05, 3.63) is 24.2 Å². The van der Waals surface area contributed by atoms with Crippen molar-refractivity contribution in [2.24, 2.45) is 0 Å². The zero-order valence-electron chi connectivity index (χ0n) is 12.6. The van der Waals surface area contributed by atoms with Crippen LogP contribution >= 0.6 is 0 Å². The average Bonchev–Trinajstić information content (AvgIpc) is 3.05. The van der Waals surface area contributed by atoms with Crippen LogP contribution in [0, 0.1) is 0 Å². The van der Waals surface area contributed by atoms with Crippen LogP contribution in [0.5, 0.6) is 0 Å². The van der Waals surface area contributed by atoms with Crippen molar-refractivity contribution in [3.8, 4) is 0 Å². The highest BCUT2D eigenvalue weighted by Gasteiger charge is 2.43. The van der Waals surface area contributed by atoms with E-state index in [1.165, 1.54) is 32.1 Å². The van der Waals surface area contributed by atoms with E-state index < -0.39 is 0 Å². The van der Waals surface area contributed by atoms with E-state index in [1.54, 1.807) is 6.26 Å². The number of nitrogens with one attached hydrogen (secondary N) is 1. The Morgan fingerprint density at radius 1 is 1.37 bits per heavy atom. The number of likely N-dealkylation sites (N-methyl/N-ethyl adjacent to an activating group) is 1. The number of nitrogens with zero attached hydrogens (tertiary/aromatic N) is 1. The first-order chi connectivity index (χ1) is 9.19. The van der Waals surface area contributed by atoms with Crippen LogP contribution in [0.2, 0.25) is 0 Å². The fourth-order valence-electron chi connectivity index (χ4n) is 3.50. The number of hydrogen-bond acceptors (Lipinski definition) is 3. The smallest absolute Gasteiger partial charge is 0.105 e. The molecule has 1 N–H and O–H groups in total. The van der Waals surface area contributed by atoms with Crippen molar-refractivity contribution >= 4 is 0 Å². The Bertz CT molecular complexity index is 353. The summed E-state index contributed by atoms with van der Waals surface area (Å²) in [5.41, 5.74) is 0.294. The van der Waals surface area contributed by atoms with Gasteiger partial charge in [-0.1, -0.05) is 19.8 Å². The van der Waals surface area contributed by atoms with Gasteiger partial charge in [0.25, 0.3) is 0 Å². The second-order valence-electron chi connectivity index (χ2n) is 6.00. The fourth-order valence-corrected chi connectivity index (χ4v) is 3.50. The third-order valence-electron chi connectivity index (χ3n) is 4.63. The second kappa shape index (κ2) is 6.58. The molecule has 0 aromatic carbocycles. The third kappa shape index (κ3) is 3.21. The lowest BCUT2D eigenvalue weighted by Crippen LogP contribution is -2.58. The largest absolute Gasteiger partial charge is 0.469 e. The predicted octanol–water partition coefficient (Wildman–Crippen LogP) is 3.06. The first-order valence-electron chi connectivity index (χ1n) is 7.62. The topological polar surface area (TPSA) is 28.4 Å². The zero-order chi connectivity index (χ0) is 13.7. The van der Waals surface area contributed by atoms with Crippen molar-refractivity contribution in [1.82, 2.24) is 10.2 Å². The highest BCUT2D eigenvalue weighted by atomic mass is 16.3. The van der Waals surface area contributed by atoms with Gasteiger partial charge in [0.05, 0.1) is 6.26 Å². The molecule has 1 aromatic heterocycles. The summed E-state index contributed by atoms with van der Waals surface area (Å²) in [4.78, 5) is 2.44. The molecule has 1 aliphatic carbocycles. The Morgan fingerprint density at radius 2 is 2.11 bits per heavy atom. The first kappa shape index (κ1) is 14.6. The Kier molecular flexibility index (Phi) is 5.06. The molecule has 1 atom stereocenters. The summed E-state index contributed by atoms with van der Waals surface area (Å²) in [7, 11) is 4.46. The average molecular weight is 264 g/mol. The van der Waals surface area contributed by atoms with Gasteiger partial charge in [-0.15, -0.1) is 0 Å². The van der Waals surface area contributed by atoms with Crippen molar-refractivity contribution in [1.29, 1.82) is 0 Å². The van der Waals surface area contributed by atoms with Crippen molar-refractivity contribution in [3.63, 3.8) is 0 Å². The molecule has 3 nitrogen and oxygen atoms in total. The minimum atomic E-state index is 0.294. The molecule has 0 bridgehead atoms. The molecule has 2 rings (SSSR count). The van der Waals surface area contributed by atoms with E-state index in [0.29, 0.717) is 11.6 Å². The van der Waals surface area contributed by atoms with Crippen molar-refractivity contribution < 1.29 is 4.42 Å². The molecule has 1 fully saturated rings. The molecule has 3 heteroatoms. The monoisotopic (exact) mass is 264 g/mol.